The molecule has 0 aliphatic heterocycles. The van der Waals surface area contributed by atoms with Gasteiger partial charge in [-0.15, -0.1) is 0 Å². The lowest BCUT2D eigenvalue weighted by atomic mass is 10.1. The minimum atomic E-state index is -1.23. The third-order valence-corrected chi connectivity index (χ3v) is 2.72. The first-order valence-corrected chi connectivity index (χ1v) is 5.75. The number of hydrogen-bond donors (Lipinski definition) is 2. The van der Waals surface area contributed by atoms with Gasteiger partial charge in [-0.3, -0.25) is 9.78 Å². The van der Waals surface area contributed by atoms with Crippen molar-refractivity contribution in [2.75, 3.05) is 5.32 Å². The molecular weight excluding hydrogens is 263 g/mol. The molecule has 2 rings (SSSR count). The van der Waals surface area contributed by atoms with Crippen molar-refractivity contribution in [2.24, 2.45) is 0 Å². The van der Waals surface area contributed by atoms with Gasteiger partial charge in [0.2, 0.25) is 0 Å². The van der Waals surface area contributed by atoms with Gasteiger partial charge in [0.05, 0.1) is 16.8 Å². The molecule has 1 heterocycles. The molecule has 1 aromatic heterocycles. The quantitative estimate of drug-likeness (QED) is 0.901. The van der Waals surface area contributed by atoms with E-state index in [2.05, 4.69) is 10.3 Å². The summed E-state index contributed by atoms with van der Waals surface area (Å²) in [4.78, 5) is 26.6. The van der Waals surface area contributed by atoms with Crippen molar-refractivity contribution in [3.63, 3.8) is 0 Å². The first kappa shape index (κ1) is 13.7. The number of anilines is 1. The molecule has 0 radical (unpaired) electrons. The van der Waals surface area contributed by atoms with Crippen LogP contribution in [0.15, 0.2) is 36.5 Å². The Morgan fingerprint density at radius 2 is 2.05 bits per heavy atom. The highest BCUT2D eigenvalue weighted by Crippen LogP contribution is 2.17. The lowest BCUT2D eigenvalue weighted by Crippen LogP contribution is -2.15. The Kier molecular flexibility index (Phi) is 3.74. The number of rotatable bonds is 3. The second kappa shape index (κ2) is 5.48. The van der Waals surface area contributed by atoms with Crippen LogP contribution in [0.25, 0.3) is 0 Å². The number of amides is 1. The maximum atomic E-state index is 13.7. The van der Waals surface area contributed by atoms with Gasteiger partial charge in [-0.05, 0) is 37.3 Å². The number of carbonyl (C=O) groups is 2. The number of nitrogens with zero attached hydrogens (tertiary/aromatic N) is 1. The topological polar surface area (TPSA) is 79.3 Å². The van der Waals surface area contributed by atoms with E-state index in [1.807, 2.05) is 0 Å². The summed E-state index contributed by atoms with van der Waals surface area (Å²) in [7, 11) is 0. The van der Waals surface area contributed by atoms with Gasteiger partial charge in [-0.2, -0.15) is 0 Å². The fourth-order valence-electron chi connectivity index (χ4n) is 1.66. The van der Waals surface area contributed by atoms with Crippen molar-refractivity contribution in [1.82, 2.24) is 4.98 Å². The monoisotopic (exact) mass is 274 g/mol. The third-order valence-electron chi connectivity index (χ3n) is 2.72. The van der Waals surface area contributed by atoms with Crippen LogP contribution in [-0.4, -0.2) is 22.0 Å². The largest absolute Gasteiger partial charge is 0.478 e. The van der Waals surface area contributed by atoms with Crippen molar-refractivity contribution >= 4 is 17.6 Å². The highest BCUT2D eigenvalue weighted by atomic mass is 19.1. The molecule has 0 aliphatic carbocycles. The van der Waals surface area contributed by atoms with Crippen LogP contribution in [0.4, 0.5) is 10.1 Å². The molecule has 5 nitrogen and oxygen atoms in total. The van der Waals surface area contributed by atoms with E-state index >= 15 is 0 Å². The van der Waals surface area contributed by atoms with E-state index < -0.39 is 17.7 Å². The van der Waals surface area contributed by atoms with Crippen molar-refractivity contribution in [3.05, 3.63) is 59.2 Å². The van der Waals surface area contributed by atoms with Crippen molar-refractivity contribution in [3.8, 4) is 0 Å². The minimum absolute atomic E-state index is 0.0803. The molecule has 20 heavy (non-hydrogen) atoms. The average Bonchev–Trinajstić information content (AvgIpc) is 2.41. The van der Waals surface area contributed by atoms with Crippen molar-refractivity contribution in [2.45, 2.75) is 6.92 Å². The maximum Gasteiger partial charge on any atom is 0.335 e. The number of carbonyl (C=O) groups excluding carboxylic acids is 1. The zero-order valence-corrected chi connectivity index (χ0v) is 10.6. The molecule has 1 amide bonds. The van der Waals surface area contributed by atoms with Crippen molar-refractivity contribution in [1.29, 1.82) is 0 Å². The summed E-state index contributed by atoms with van der Waals surface area (Å²) < 4.78 is 13.7. The van der Waals surface area contributed by atoms with Gasteiger partial charge in [-0.25, -0.2) is 9.18 Å². The van der Waals surface area contributed by atoms with Gasteiger partial charge >= 0.3 is 5.97 Å². The zero-order chi connectivity index (χ0) is 14.7. The normalized spacial score (nSPS) is 10.1. The van der Waals surface area contributed by atoms with Gasteiger partial charge < -0.3 is 10.4 Å². The van der Waals surface area contributed by atoms with Crippen LogP contribution in [0.2, 0.25) is 0 Å². The zero-order valence-electron chi connectivity index (χ0n) is 10.6. The fourth-order valence-corrected chi connectivity index (χ4v) is 1.66. The van der Waals surface area contributed by atoms with Crippen LogP contribution in [-0.2, 0) is 0 Å². The van der Waals surface area contributed by atoms with Gasteiger partial charge in [-0.1, -0.05) is 0 Å². The van der Waals surface area contributed by atoms with Gasteiger partial charge in [0.15, 0.2) is 0 Å². The van der Waals surface area contributed by atoms with Crippen LogP contribution in [0, 0.1) is 12.7 Å². The van der Waals surface area contributed by atoms with Crippen LogP contribution in [0.1, 0.15) is 26.4 Å². The molecule has 0 bridgehead atoms. The summed E-state index contributed by atoms with van der Waals surface area (Å²) in [6.07, 6.45) is 1.55. The van der Waals surface area contributed by atoms with Gasteiger partial charge in [0, 0.05) is 11.9 Å². The molecule has 0 saturated carbocycles. The first-order chi connectivity index (χ1) is 9.49. The van der Waals surface area contributed by atoms with E-state index in [0.29, 0.717) is 11.3 Å². The number of pyridine rings is 1. The maximum absolute atomic E-state index is 13.7. The van der Waals surface area contributed by atoms with Gasteiger partial charge in [0.1, 0.15) is 5.82 Å². The number of carboxylic acid groups (broad SMARTS) is 1. The predicted molar refractivity (Wildman–Crippen MR) is 70.3 cm³/mol. The summed E-state index contributed by atoms with van der Waals surface area (Å²) in [5.74, 6) is -2.54. The number of nitrogens with one attached hydrogen (secondary N) is 1. The van der Waals surface area contributed by atoms with E-state index in [-0.39, 0.29) is 11.3 Å². The highest BCUT2D eigenvalue weighted by molar-refractivity contribution is 6.05. The average molecular weight is 274 g/mol. The Morgan fingerprint density at radius 3 is 2.65 bits per heavy atom. The molecule has 102 valence electrons. The van der Waals surface area contributed by atoms with Crippen LogP contribution in [0.3, 0.4) is 0 Å². The van der Waals surface area contributed by atoms with E-state index in [4.69, 9.17) is 5.11 Å². The Bertz CT molecular complexity index is 686. The molecule has 0 unspecified atom stereocenters. The Morgan fingerprint density at radius 1 is 1.30 bits per heavy atom. The number of aromatic carboxylic acids is 1. The van der Waals surface area contributed by atoms with E-state index in [1.54, 1.807) is 25.3 Å². The molecule has 0 fully saturated rings. The summed E-state index contributed by atoms with van der Waals surface area (Å²) >= 11 is 0. The molecule has 0 aliphatic rings. The highest BCUT2D eigenvalue weighted by Gasteiger charge is 2.13. The van der Waals surface area contributed by atoms with Crippen LogP contribution < -0.4 is 5.32 Å². The molecular formula is C14H11FN2O3. The lowest BCUT2D eigenvalue weighted by Gasteiger charge is -2.08. The standard InChI is InChI=1S/C14H11FN2O3/c1-8-10(3-2-6-16-8)13(18)17-12-5-4-9(14(19)20)7-11(12)15/h2-7H,1H3,(H,17,18)(H,19,20). The fraction of sp³-hybridized carbons (Fsp3) is 0.0714. The van der Waals surface area contributed by atoms with E-state index in [0.717, 1.165) is 6.07 Å². The first-order valence-electron chi connectivity index (χ1n) is 5.75. The lowest BCUT2D eigenvalue weighted by molar-refractivity contribution is 0.0696. The molecule has 6 heteroatoms. The predicted octanol–water partition coefficient (Wildman–Crippen LogP) is 2.48. The second-order valence-electron chi connectivity index (χ2n) is 4.09. The molecule has 2 N–H and O–H groups in total. The van der Waals surface area contributed by atoms with Gasteiger partial charge in [0.25, 0.3) is 5.91 Å². The Hall–Kier alpha value is -2.76. The summed E-state index contributed by atoms with van der Waals surface area (Å²) in [5.41, 5.74) is 0.586. The second-order valence-corrected chi connectivity index (χ2v) is 4.09. The molecule has 1 aromatic carbocycles. The summed E-state index contributed by atoms with van der Waals surface area (Å²) in [5, 5.41) is 11.1. The van der Waals surface area contributed by atoms with Crippen LogP contribution >= 0.6 is 0 Å². The molecule has 0 saturated heterocycles. The number of halogens is 1. The van der Waals surface area contributed by atoms with E-state index in [9.17, 15) is 14.0 Å². The SMILES string of the molecule is Cc1ncccc1C(=O)Nc1ccc(C(=O)O)cc1F. The Balaban J connectivity index is 2.25. The number of carboxylic acids is 1. The molecule has 2 aromatic rings. The van der Waals surface area contributed by atoms with E-state index in [1.165, 1.54) is 12.1 Å². The molecule has 0 spiro atoms. The number of aromatic nitrogens is 1. The molecule has 0 atom stereocenters. The number of aryl methyl sites for hydroxylation is 1. The smallest absolute Gasteiger partial charge is 0.335 e. The van der Waals surface area contributed by atoms with Crippen LogP contribution in [0.5, 0.6) is 0 Å². The Labute approximate surface area is 114 Å². The number of benzene rings is 1. The summed E-state index contributed by atoms with van der Waals surface area (Å²) in [6.45, 7) is 1.67. The number of hydrogen-bond acceptors (Lipinski definition) is 3. The van der Waals surface area contributed by atoms with Crippen molar-refractivity contribution < 1.29 is 19.1 Å². The summed E-state index contributed by atoms with van der Waals surface area (Å²) in [6, 6.07) is 6.46. The third kappa shape index (κ3) is 2.80. The minimum Gasteiger partial charge on any atom is -0.478 e.